The van der Waals surface area contributed by atoms with Crippen molar-refractivity contribution in [3.05, 3.63) is 12.2 Å². The first-order chi connectivity index (χ1) is 15.2. The number of hydrogen-bond donors (Lipinski definition) is 3. The lowest BCUT2D eigenvalue weighted by Gasteiger charge is -2.37. The summed E-state index contributed by atoms with van der Waals surface area (Å²) in [5.41, 5.74) is 0. The molecular weight excluding hydrogens is 392 g/mol. The van der Waals surface area contributed by atoms with Crippen LogP contribution >= 0.6 is 0 Å². The number of aliphatic hydroxyl groups excluding tert-OH is 3. The molecule has 5 heteroatoms. The van der Waals surface area contributed by atoms with Crippen molar-refractivity contribution in [2.24, 2.45) is 0 Å². The number of hydrogen-bond acceptors (Lipinski definition) is 5. The lowest BCUT2D eigenvalue weighted by molar-refractivity contribution is -0.210. The van der Waals surface area contributed by atoms with Gasteiger partial charge in [-0.15, -0.1) is 0 Å². The Balaban J connectivity index is 1.84. The van der Waals surface area contributed by atoms with Gasteiger partial charge in [0.2, 0.25) is 0 Å². The number of aliphatic hydroxyl groups is 3. The second-order valence-electron chi connectivity index (χ2n) is 9.09. The van der Waals surface area contributed by atoms with Crippen molar-refractivity contribution in [2.75, 3.05) is 19.8 Å². The molecule has 0 amide bonds. The van der Waals surface area contributed by atoms with Crippen molar-refractivity contribution in [1.82, 2.24) is 0 Å². The Morgan fingerprint density at radius 3 is 1.84 bits per heavy atom. The Morgan fingerprint density at radius 1 is 0.774 bits per heavy atom. The second kappa shape index (κ2) is 20.2. The van der Waals surface area contributed by atoms with Gasteiger partial charge in [0.1, 0.15) is 24.4 Å². The van der Waals surface area contributed by atoms with Gasteiger partial charge >= 0.3 is 0 Å². The molecule has 1 aliphatic rings. The standard InChI is InChI=1S/C26H50O5/c1-2-3-4-5-6-7-8-9-10-11-12-13-14-15-16-17-18-19-20-30-26-23(28)22-31-24(21-27)25(26)29/h12-13,23-29H,2-11,14-22H2,1H3/b13-12+/t23-,24+,25+,26+/m1/s1. The predicted octanol–water partition coefficient (Wildman–Crippen LogP) is 5.30. The van der Waals surface area contributed by atoms with E-state index in [2.05, 4.69) is 19.1 Å². The molecule has 5 nitrogen and oxygen atoms in total. The summed E-state index contributed by atoms with van der Waals surface area (Å²) in [5, 5.41) is 29.2. The van der Waals surface area contributed by atoms with Crippen LogP contribution in [-0.4, -0.2) is 59.6 Å². The largest absolute Gasteiger partial charge is 0.394 e. The van der Waals surface area contributed by atoms with E-state index >= 15 is 0 Å². The van der Waals surface area contributed by atoms with Gasteiger partial charge < -0.3 is 24.8 Å². The maximum absolute atomic E-state index is 10.1. The van der Waals surface area contributed by atoms with Crippen LogP contribution < -0.4 is 0 Å². The Kier molecular flexibility index (Phi) is 18.6. The zero-order valence-electron chi connectivity index (χ0n) is 20.1. The Labute approximate surface area is 191 Å². The lowest BCUT2D eigenvalue weighted by Crippen LogP contribution is -2.55. The number of unbranched alkanes of at least 4 members (excludes halogenated alkanes) is 14. The van der Waals surface area contributed by atoms with E-state index in [0.29, 0.717) is 6.61 Å². The van der Waals surface area contributed by atoms with Gasteiger partial charge in [-0.25, -0.2) is 0 Å². The predicted molar refractivity (Wildman–Crippen MR) is 127 cm³/mol. The highest BCUT2D eigenvalue weighted by molar-refractivity contribution is 4.87. The smallest absolute Gasteiger partial charge is 0.114 e. The van der Waals surface area contributed by atoms with Crippen LogP contribution in [0.2, 0.25) is 0 Å². The average molecular weight is 443 g/mol. The molecule has 0 spiro atoms. The molecule has 0 aromatic rings. The van der Waals surface area contributed by atoms with E-state index in [0.717, 1.165) is 12.8 Å². The number of allylic oxidation sites excluding steroid dienone is 2. The number of rotatable bonds is 20. The monoisotopic (exact) mass is 442 g/mol. The van der Waals surface area contributed by atoms with E-state index in [4.69, 9.17) is 9.47 Å². The SMILES string of the molecule is CCCCCCCCCCC/C=C/CCCCCCCO[C@@H]1[C@@H](O)[C@H](CO)OC[C@H]1O. The topological polar surface area (TPSA) is 79.2 Å². The minimum absolute atomic E-state index is 0.0968. The van der Waals surface area contributed by atoms with Crippen molar-refractivity contribution in [2.45, 2.75) is 134 Å². The molecule has 31 heavy (non-hydrogen) atoms. The van der Waals surface area contributed by atoms with E-state index in [9.17, 15) is 15.3 Å². The van der Waals surface area contributed by atoms with Gasteiger partial charge in [-0.1, -0.05) is 89.7 Å². The molecule has 1 saturated heterocycles. The normalized spacial score (nSPS) is 24.3. The summed E-state index contributed by atoms with van der Waals surface area (Å²) < 4.78 is 10.9. The fraction of sp³-hybridized carbons (Fsp3) is 0.923. The zero-order chi connectivity index (χ0) is 22.6. The van der Waals surface area contributed by atoms with Crippen LogP contribution in [0.1, 0.15) is 110 Å². The van der Waals surface area contributed by atoms with Gasteiger partial charge in [0.25, 0.3) is 0 Å². The highest BCUT2D eigenvalue weighted by Gasteiger charge is 2.38. The zero-order valence-corrected chi connectivity index (χ0v) is 20.1. The molecule has 3 N–H and O–H groups in total. The summed E-state index contributed by atoms with van der Waals surface area (Å²) in [6.45, 7) is 2.63. The van der Waals surface area contributed by atoms with Crippen molar-refractivity contribution < 1.29 is 24.8 Å². The molecule has 0 saturated carbocycles. The van der Waals surface area contributed by atoms with E-state index in [1.54, 1.807) is 0 Å². The molecule has 0 bridgehead atoms. The Morgan fingerprint density at radius 2 is 1.29 bits per heavy atom. The Hall–Kier alpha value is -0.460. The van der Waals surface area contributed by atoms with Gasteiger partial charge in [0.05, 0.1) is 13.2 Å². The van der Waals surface area contributed by atoms with Crippen LogP contribution in [0.4, 0.5) is 0 Å². The van der Waals surface area contributed by atoms with Gasteiger partial charge in [-0.2, -0.15) is 0 Å². The molecular formula is C26H50O5. The van der Waals surface area contributed by atoms with E-state index in [-0.39, 0.29) is 13.2 Å². The van der Waals surface area contributed by atoms with Crippen LogP contribution in [0.5, 0.6) is 0 Å². The maximum Gasteiger partial charge on any atom is 0.114 e. The molecule has 0 aromatic carbocycles. The maximum atomic E-state index is 10.1. The van der Waals surface area contributed by atoms with Crippen LogP contribution in [0.15, 0.2) is 12.2 Å². The van der Waals surface area contributed by atoms with E-state index < -0.39 is 24.4 Å². The molecule has 0 aliphatic carbocycles. The van der Waals surface area contributed by atoms with Gasteiger partial charge in [0, 0.05) is 6.61 Å². The molecule has 1 fully saturated rings. The first-order valence-electron chi connectivity index (χ1n) is 13.1. The molecule has 0 unspecified atom stereocenters. The molecule has 184 valence electrons. The van der Waals surface area contributed by atoms with Crippen LogP contribution in [0, 0.1) is 0 Å². The summed E-state index contributed by atoms with van der Waals surface area (Å²) in [6, 6.07) is 0. The molecule has 4 atom stereocenters. The van der Waals surface area contributed by atoms with Crippen molar-refractivity contribution in [3.8, 4) is 0 Å². The average Bonchev–Trinajstić information content (AvgIpc) is 2.77. The molecule has 1 heterocycles. The Bertz CT molecular complexity index is 415. The summed E-state index contributed by atoms with van der Waals surface area (Å²) >= 11 is 0. The first-order valence-corrected chi connectivity index (χ1v) is 13.1. The van der Waals surface area contributed by atoms with Gasteiger partial charge in [0.15, 0.2) is 0 Å². The highest BCUT2D eigenvalue weighted by atomic mass is 16.6. The van der Waals surface area contributed by atoms with Gasteiger partial charge in [-0.05, 0) is 32.1 Å². The minimum Gasteiger partial charge on any atom is -0.394 e. The fourth-order valence-electron chi connectivity index (χ4n) is 4.15. The quantitative estimate of drug-likeness (QED) is 0.176. The molecule has 0 aromatic heterocycles. The van der Waals surface area contributed by atoms with E-state index in [1.807, 2.05) is 0 Å². The van der Waals surface area contributed by atoms with Crippen molar-refractivity contribution in [1.29, 1.82) is 0 Å². The second-order valence-corrected chi connectivity index (χ2v) is 9.09. The molecule has 1 aliphatic heterocycles. The first kappa shape index (κ1) is 28.6. The van der Waals surface area contributed by atoms with Crippen LogP contribution in [0.3, 0.4) is 0 Å². The minimum atomic E-state index is -0.976. The lowest BCUT2D eigenvalue weighted by atomic mass is 10.0. The molecule has 1 rings (SSSR count). The van der Waals surface area contributed by atoms with Crippen LogP contribution in [-0.2, 0) is 9.47 Å². The summed E-state index contributed by atoms with van der Waals surface area (Å²) in [5.74, 6) is 0. The third-order valence-corrected chi connectivity index (χ3v) is 6.22. The third kappa shape index (κ3) is 14.3. The van der Waals surface area contributed by atoms with Crippen LogP contribution in [0.25, 0.3) is 0 Å². The van der Waals surface area contributed by atoms with E-state index in [1.165, 1.54) is 89.9 Å². The fourth-order valence-corrected chi connectivity index (χ4v) is 4.15. The number of ether oxygens (including phenoxy) is 2. The molecule has 0 radical (unpaired) electrons. The summed E-state index contributed by atoms with van der Waals surface area (Å²) in [7, 11) is 0. The summed E-state index contributed by atoms with van der Waals surface area (Å²) in [6.07, 6.45) is 22.2. The highest BCUT2D eigenvalue weighted by Crippen LogP contribution is 2.19. The third-order valence-electron chi connectivity index (χ3n) is 6.22. The summed E-state index contributed by atoms with van der Waals surface area (Å²) in [4.78, 5) is 0. The van der Waals surface area contributed by atoms with Crippen molar-refractivity contribution in [3.63, 3.8) is 0 Å². The van der Waals surface area contributed by atoms with Crippen molar-refractivity contribution >= 4 is 0 Å². The van der Waals surface area contributed by atoms with Gasteiger partial charge in [-0.3, -0.25) is 0 Å².